The molecule has 0 aliphatic heterocycles. The maximum Gasteiger partial charge on any atom is 0.344 e. The summed E-state index contributed by atoms with van der Waals surface area (Å²) in [6.45, 7) is 6.14. The molecule has 0 atom stereocenters. The molecule has 0 saturated heterocycles. The van der Waals surface area contributed by atoms with Crippen LogP contribution in [0.3, 0.4) is 0 Å². The second-order valence-corrected chi connectivity index (χ2v) is 5.81. The number of hydrogen-bond donors (Lipinski definition) is 1. The van der Waals surface area contributed by atoms with Crippen molar-refractivity contribution >= 4 is 17.6 Å². The van der Waals surface area contributed by atoms with Crippen LogP contribution in [0.15, 0.2) is 42.5 Å². The van der Waals surface area contributed by atoms with Gasteiger partial charge in [-0.05, 0) is 56.2 Å². The summed E-state index contributed by atoms with van der Waals surface area (Å²) >= 11 is 0. The molecule has 0 spiro atoms. The maximum atomic E-state index is 12.3. The number of anilines is 1. The number of amides is 1. The third-order valence-electron chi connectivity index (χ3n) is 3.57. The Labute approximate surface area is 148 Å². The van der Waals surface area contributed by atoms with Gasteiger partial charge >= 0.3 is 5.97 Å². The summed E-state index contributed by atoms with van der Waals surface area (Å²) in [6.07, 6.45) is 0.774. The Morgan fingerprint density at radius 2 is 1.76 bits per heavy atom. The molecule has 0 fully saturated rings. The number of hydrogen-bond acceptors (Lipinski definition) is 4. The van der Waals surface area contributed by atoms with Gasteiger partial charge in [0.15, 0.2) is 6.61 Å². The Balaban J connectivity index is 1.92. The summed E-state index contributed by atoms with van der Waals surface area (Å²) in [4.78, 5) is 23.7. The molecule has 0 bridgehead atoms. The van der Waals surface area contributed by atoms with Gasteiger partial charge < -0.3 is 14.8 Å². The van der Waals surface area contributed by atoms with Crippen molar-refractivity contribution in [3.8, 4) is 5.75 Å². The Hall–Kier alpha value is -2.82. The Kier molecular flexibility index (Phi) is 6.57. The predicted molar refractivity (Wildman–Crippen MR) is 97.1 cm³/mol. The lowest BCUT2D eigenvalue weighted by Gasteiger charge is -2.10. The van der Waals surface area contributed by atoms with E-state index >= 15 is 0 Å². The predicted octanol–water partition coefficient (Wildman–Crippen LogP) is 3.89. The highest BCUT2D eigenvalue weighted by atomic mass is 16.6. The number of carbonyl (C=O) groups is 2. The van der Waals surface area contributed by atoms with Gasteiger partial charge in [0.25, 0.3) is 5.91 Å². The number of aryl methyl sites for hydroxylation is 2. The summed E-state index contributed by atoms with van der Waals surface area (Å²) in [5, 5.41) is 2.89. The minimum Gasteiger partial charge on any atom is -0.482 e. The van der Waals surface area contributed by atoms with Gasteiger partial charge in [-0.25, -0.2) is 4.79 Å². The monoisotopic (exact) mass is 341 g/mol. The van der Waals surface area contributed by atoms with E-state index in [9.17, 15) is 9.59 Å². The average molecular weight is 341 g/mol. The van der Waals surface area contributed by atoms with Crippen LogP contribution in [-0.2, 0) is 9.53 Å². The van der Waals surface area contributed by atoms with Gasteiger partial charge in [0, 0.05) is 11.3 Å². The third-order valence-corrected chi connectivity index (χ3v) is 3.57. The van der Waals surface area contributed by atoms with E-state index in [2.05, 4.69) is 5.32 Å². The number of rotatable bonds is 7. The molecule has 0 aromatic heterocycles. The Bertz CT molecular complexity index is 738. The summed E-state index contributed by atoms with van der Waals surface area (Å²) in [7, 11) is 0. The number of nitrogens with one attached hydrogen (secondary N) is 1. The molecule has 2 rings (SSSR count). The van der Waals surface area contributed by atoms with Gasteiger partial charge in [-0.2, -0.15) is 0 Å². The molecule has 5 nitrogen and oxygen atoms in total. The topological polar surface area (TPSA) is 64.6 Å². The summed E-state index contributed by atoms with van der Waals surface area (Å²) < 4.78 is 10.3. The number of esters is 1. The van der Waals surface area contributed by atoms with Crippen LogP contribution < -0.4 is 10.1 Å². The first-order chi connectivity index (χ1) is 12.0. The first-order valence-electron chi connectivity index (χ1n) is 8.26. The minimum atomic E-state index is -0.404. The highest BCUT2D eigenvalue weighted by Gasteiger charge is 2.09. The van der Waals surface area contributed by atoms with E-state index in [0.29, 0.717) is 17.9 Å². The van der Waals surface area contributed by atoms with Crippen LogP contribution in [0.2, 0.25) is 0 Å². The molecule has 0 unspecified atom stereocenters. The molecule has 0 heterocycles. The largest absolute Gasteiger partial charge is 0.482 e. The zero-order valence-electron chi connectivity index (χ0n) is 14.8. The van der Waals surface area contributed by atoms with Crippen LogP contribution in [0.25, 0.3) is 0 Å². The van der Waals surface area contributed by atoms with E-state index in [1.165, 1.54) is 0 Å². The van der Waals surface area contributed by atoms with Gasteiger partial charge in [-0.1, -0.05) is 24.6 Å². The molecule has 1 amide bonds. The lowest BCUT2D eigenvalue weighted by Crippen LogP contribution is -2.15. The smallest absolute Gasteiger partial charge is 0.344 e. The van der Waals surface area contributed by atoms with Crippen molar-refractivity contribution in [3.05, 3.63) is 59.2 Å². The highest BCUT2D eigenvalue weighted by Crippen LogP contribution is 2.18. The second kappa shape index (κ2) is 8.87. The fraction of sp³-hybridized carbons (Fsp3) is 0.300. The Morgan fingerprint density at radius 1 is 1.04 bits per heavy atom. The number of carbonyl (C=O) groups excluding carboxylic acids is 2. The van der Waals surface area contributed by atoms with Crippen LogP contribution in [0.5, 0.6) is 5.75 Å². The van der Waals surface area contributed by atoms with E-state index in [4.69, 9.17) is 9.47 Å². The molecule has 5 heteroatoms. The van der Waals surface area contributed by atoms with Gasteiger partial charge in [0.05, 0.1) is 6.61 Å². The van der Waals surface area contributed by atoms with E-state index in [1.54, 1.807) is 24.3 Å². The third kappa shape index (κ3) is 5.64. The zero-order valence-corrected chi connectivity index (χ0v) is 14.8. The summed E-state index contributed by atoms with van der Waals surface area (Å²) in [5.74, 6) is -0.0871. The SMILES string of the molecule is CCCOC(=O)COc1ccc(C(=O)Nc2ccc(C)cc2C)cc1. The van der Waals surface area contributed by atoms with Crippen molar-refractivity contribution < 1.29 is 19.1 Å². The zero-order chi connectivity index (χ0) is 18.2. The van der Waals surface area contributed by atoms with Crippen molar-refractivity contribution in [2.75, 3.05) is 18.5 Å². The number of benzene rings is 2. The van der Waals surface area contributed by atoms with Crippen molar-refractivity contribution in [1.82, 2.24) is 0 Å². The minimum absolute atomic E-state index is 0.145. The molecule has 2 aromatic carbocycles. The highest BCUT2D eigenvalue weighted by molar-refractivity contribution is 6.04. The molecule has 2 aromatic rings. The second-order valence-electron chi connectivity index (χ2n) is 5.81. The van der Waals surface area contributed by atoms with Gasteiger partial charge in [-0.3, -0.25) is 4.79 Å². The van der Waals surface area contributed by atoms with Crippen LogP contribution in [0.1, 0.15) is 34.8 Å². The van der Waals surface area contributed by atoms with Crippen molar-refractivity contribution in [2.45, 2.75) is 27.2 Å². The standard InChI is InChI=1S/C20H23NO4/c1-4-11-24-19(22)13-25-17-8-6-16(7-9-17)20(23)21-18-10-5-14(2)12-15(18)3/h5-10,12H,4,11,13H2,1-3H3,(H,21,23). The molecule has 132 valence electrons. The molecular formula is C20H23NO4. The summed E-state index contributed by atoms with van der Waals surface area (Å²) in [6, 6.07) is 12.5. The van der Waals surface area contributed by atoms with Crippen molar-refractivity contribution in [1.29, 1.82) is 0 Å². The van der Waals surface area contributed by atoms with Crippen molar-refractivity contribution in [2.24, 2.45) is 0 Å². The van der Waals surface area contributed by atoms with Crippen LogP contribution in [-0.4, -0.2) is 25.1 Å². The van der Waals surface area contributed by atoms with E-state index < -0.39 is 5.97 Å². The molecule has 0 aliphatic rings. The Morgan fingerprint density at radius 3 is 2.40 bits per heavy atom. The van der Waals surface area contributed by atoms with Crippen LogP contribution >= 0.6 is 0 Å². The van der Waals surface area contributed by atoms with Crippen LogP contribution in [0, 0.1) is 13.8 Å². The molecule has 0 aliphatic carbocycles. The lowest BCUT2D eigenvalue weighted by atomic mass is 10.1. The van der Waals surface area contributed by atoms with E-state index in [0.717, 1.165) is 23.2 Å². The van der Waals surface area contributed by atoms with E-state index in [-0.39, 0.29) is 12.5 Å². The first kappa shape index (κ1) is 18.5. The molecule has 1 N–H and O–H groups in total. The fourth-order valence-electron chi connectivity index (χ4n) is 2.25. The molecule has 25 heavy (non-hydrogen) atoms. The average Bonchev–Trinajstić information content (AvgIpc) is 2.61. The first-order valence-corrected chi connectivity index (χ1v) is 8.26. The molecule has 0 radical (unpaired) electrons. The van der Waals surface area contributed by atoms with Crippen LogP contribution in [0.4, 0.5) is 5.69 Å². The quantitative estimate of drug-likeness (QED) is 0.776. The number of ether oxygens (including phenoxy) is 2. The summed E-state index contributed by atoms with van der Waals surface area (Å²) in [5.41, 5.74) is 3.46. The van der Waals surface area contributed by atoms with Gasteiger partial charge in [-0.15, -0.1) is 0 Å². The lowest BCUT2D eigenvalue weighted by molar-refractivity contribution is -0.146. The van der Waals surface area contributed by atoms with E-state index in [1.807, 2.05) is 39.0 Å². The fourth-order valence-corrected chi connectivity index (χ4v) is 2.25. The van der Waals surface area contributed by atoms with Gasteiger partial charge in [0.1, 0.15) is 5.75 Å². The normalized spacial score (nSPS) is 10.2. The van der Waals surface area contributed by atoms with Crippen molar-refractivity contribution in [3.63, 3.8) is 0 Å². The molecule has 0 saturated carbocycles. The molecular weight excluding hydrogens is 318 g/mol. The maximum absolute atomic E-state index is 12.3. The van der Waals surface area contributed by atoms with Gasteiger partial charge in [0.2, 0.25) is 0 Å².